The highest BCUT2D eigenvalue weighted by atomic mass is 16.5. The lowest BCUT2D eigenvalue weighted by molar-refractivity contribution is -0.152. The molecule has 0 amide bonds. The summed E-state index contributed by atoms with van der Waals surface area (Å²) >= 11 is 0. The molecule has 0 atom stereocenters. The minimum atomic E-state index is -0.835. The quantitative estimate of drug-likeness (QED) is 0.627. The van der Waals surface area contributed by atoms with Crippen LogP contribution >= 0.6 is 0 Å². The Balaban J connectivity index is 1.75. The monoisotopic (exact) mass is 330 g/mol. The fourth-order valence-corrected chi connectivity index (χ4v) is 3.05. The highest BCUT2D eigenvalue weighted by Crippen LogP contribution is 2.36. The Morgan fingerprint density at radius 1 is 1.29 bits per heavy atom. The Morgan fingerprint density at radius 2 is 2.04 bits per heavy atom. The number of nitrogens with zero attached hydrogens (tertiary/aromatic N) is 1. The number of aliphatic carboxylic acids is 1. The van der Waals surface area contributed by atoms with E-state index in [2.05, 4.69) is 9.88 Å². The number of rotatable bonds is 6. The Hall–Kier alpha value is -2.34. The molecule has 2 aromatic rings. The summed E-state index contributed by atoms with van der Waals surface area (Å²) in [6.07, 6.45) is 3.54. The number of benzene rings is 1. The van der Waals surface area contributed by atoms with E-state index in [0.29, 0.717) is 18.6 Å². The lowest BCUT2D eigenvalue weighted by Gasteiger charge is -2.30. The van der Waals surface area contributed by atoms with Gasteiger partial charge < -0.3 is 19.7 Å². The molecular weight excluding hydrogens is 308 g/mol. The molecule has 0 bridgehead atoms. The summed E-state index contributed by atoms with van der Waals surface area (Å²) < 4.78 is 5.60. The van der Waals surface area contributed by atoms with Gasteiger partial charge in [0.2, 0.25) is 0 Å². The summed E-state index contributed by atoms with van der Waals surface area (Å²) in [4.78, 5) is 28.5. The van der Waals surface area contributed by atoms with Gasteiger partial charge in [0.15, 0.2) is 0 Å². The van der Waals surface area contributed by atoms with Crippen LogP contribution in [0.25, 0.3) is 10.9 Å². The van der Waals surface area contributed by atoms with Gasteiger partial charge in [-0.2, -0.15) is 0 Å². The number of carbonyl (C=O) groups is 2. The number of H-pyrrole nitrogens is 1. The number of fused-ring (bicyclic) bond motifs is 1. The van der Waals surface area contributed by atoms with Gasteiger partial charge in [-0.3, -0.25) is 9.59 Å². The normalized spacial score (nSPS) is 20.1. The van der Waals surface area contributed by atoms with E-state index >= 15 is 0 Å². The average molecular weight is 330 g/mol. The summed E-state index contributed by atoms with van der Waals surface area (Å²) in [7, 11) is 4.04. The molecule has 1 aliphatic rings. The average Bonchev–Trinajstić information content (AvgIpc) is 2.87. The van der Waals surface area contributed by atoms with Crippen molar-refractivity contribution in [2.24, 2.45) is 11.8 Å². The number of carbonyl (C=O) groups excluding carboxylic acids is 1. The van der Waals surface area contributed by atoms with E-state index < -0.39 is 11.9 Å². The molecule has 0 spiro atoms. The van der Waals surface area contributed by atoms with Crippen molar-refractivity contribution < 1.29 is 19.4 Å². The molecular formula is C18H22N2O4. The second kappa shape index (κ2) is 6.65. The molecule has 0 aliphatic heterocycles. The minimum absolute atomic E-state index is 0.314. The number of hydrogen-bond donors (Lipinski definition) is 2. The largest absolute Gasteiger partial charge is 0.481 e. The molecule has 1 aromatic carbocycles. The van der Waals surface area contributed by atoms with Gasteiger partial charge in [0.1, 0.15) is 5.75 Å². The fourth-order valence-electron chi connectivity index (χ4n) is 3.05. The van der Waals surface area contributed by atoms with E-state index in [1.54, 1.807) is 6.07 Å². The van der Waals surface area contributed by atoms with Crippen molar-refractivity contribution in [2.75, 3.05) is 20.6 Å². The van der Waals surface area contributed by atoms with Gasteiger partial charge in [0, 0.05) is 23.6 Å². The summed E-state index contributed by atoms with van der Waals surface area (Å²) in [6.45, 7) is 0.901. The van der Waals surface area contributed by atoms with Crippen LogP contribution in [0.3, 0.4) is 0 Å². The molecule has 6 nitrogen and oxygen atoms in total. The summed E-state index contributed by atoms with van der Waals surface area (Å²) in [5, 5.41) is 9.85. The smallest absolute Gasteiger partial charge is 0.314 e. The van der Waals surface area contributed by atoms with Crippen molar-refractivity contribution in [2.45, 2.75) is 19.3 Å². The van der Waals surface area contributed by atoms with Crippen molar-refractivity contribution in [1.82, 2.24) is 9.88 Å². The van der Waals surface area contributed by atoms with Gasteiger partial charge in [-0.25, -0.2) is 0 Å². The molecule has 128 valence electrons. The fraction of sp³-hybridized carbons (Fsp3) is 0.444. The van der Waals surface area contributed by atoms with Crippen LogP contribution in [0.15, 0.2) is 24.4 Å². The van der Waals surface area contributed by atoms with Crippen LogP contribution in [-0.4, -0.2) is 47.6 Å². The predicted octanol–water partition coefficient (Wildman–Crippen LogP) is 2.29. The van der Waals surface area contributed by atoms with Crippen LogP contribution in [0, 0.1) is 11.8 Å². The lowest BCUT2D eigenvalue weighted by atomic mass is 9.75. The van der Waals surface area contributed by atoms with Crippen molar-refractivity contribution in [1.29, 1.82) is 0 Å². The van der Waals surface area contributed by atoms with Gasteiger partial charge in [0.05, 0.1) is 11.8 Å². The molecule has 1 aromatic heterocycles. The van der Waals surface area contributed by atoms with Crippen LogP contribution in [0.2, 0.25) is 0 Å². The number of aromatic nitrogens is 1. The molecule has 0 radical (unpaired) electrons. The topological polar surface area (TPSA) is 82.6 Å². The van der Waals surface area contributed by atoms with E-state index in [1.165, 1.54) is 0 Å². The molecule has 2 N–H and O–H groups in total. The standard InChI is InChI=1S/C18H22N2O4/c1-20(2)7-6-11-10-19-14-4-3-5-15(16(11)14)24-18(23)13-8-12(9-13)17(21)22/h3-5,10,12-13,19H,6-9H2,1-2H3,(H,21,22). The number of hydrogen-bond acceptors (Lipinski definition) is 4. The third-order valence-electron chi connectivity index (χ3n) is 4.61. The third kappa shape index (κ3) is 3.28. The molecule has 24 heavy (non-hydrogen) atoms. The molecule has 0 unspecified atom stereocenters. The highest BCUT2D eigenvalue weighted by molar-refractivity contribution is 5.92. The SMILES string of the molecule is CN(C)CCc1c[nH]c2cccc(OC(=O)C3CC(C(=O)O)C3)c12. The van der Waals surface area contributed by atoms with E-state index in [1.807, 2.05) is 32.4 Å². The van der Waals surface area contributed by atoms with Crippen LogP contribution < -0.4 is 4.74 Å². The van der Waals surface area contributed by atoms with E-state index in [9.17, 15) is 9.59 Å². The summed E-state index contributed by atoms with van der Waals surface area (Å²) in [5.74, 6) is -1.35. The van der Waals surface area contributed by atoms with Crippen molar-refractivity contribution >= 4 is 22.8 Å². The molecule has 1 fully saturated rings. The zero-order valence-corrected chi connectivity index (χ0v) is 13.9. The Labute approximate surface area is 140 Å². The van der Waals surface area contributed by atoms with Crippen molar-refractivity contribution in [3.8, 4) is 5.75 Å². The predicted molar refractivity (Wildman–Crippen MR) is 90.0 cm³/mol. The van der Waals surface area contributed by atoms with Crippen molar-refractivity contribution in [3.05, 3.63) is 30.0 Å². The van der Waals surface area contributed by atoms with E-state index in [4.69, 9.17) is 9.84 Å². The van der Waals surface area contributed by atoms with Gasteiger partial charge in [-0.05, 0) is 51.1 Å². The first-order valence-corrected chi connectivity index (χ1v) is 8.14. The van der Waals surface area contributed by atoms with Gasteiger partial charge in [-0.15, -0.1) is 0 Å². The van der Waals surface area contributed by atoms with Crippen molar-refractivity contribution in [3.63, 3.8) is 0 Å². The maximum Gasteiger partial charge on any atom is 0.314 e. The molecule has 3 rings (SSSR count). The number of ether oxygens (including phenoxy) is 1. The van der Waals surface area contributed by atoms with Crippen LogP contribution in [0.4, 0.5) is 0 Å². The first-order chi connectivity index (χ1) is 11.5. The first-order valence-electron chi connectivity index (χ1n) is 8.14. The number of nitrogens with one attached hydrogen (secondary N) is 1. The summed E-state index contributed by atoms with van der Waals surface area (Å²) in [5.41, 5.74) is 2.05. The van der Waals surface area contributed by atoms with E-state index in [0.717, 1.165) is 29.4 Å². The zero-order valence-electron chi connectivity index (χ0n) is 13.9. The first kappa shape index (κ1) is 16.5. The maximum absolute atomic E-state index is 12.3. The molecule has 0 saturated heterocycles. The molecule has 1 saturated carbocycles. The Kier molecular flexibility index (Phi) is 4.57. The maximum atomic E-state index is 12.3. The molecule has 1 heterocycles. The number of carboxylic acids is 1. The Bertz CT molecular complexity index is 759. The zero-order chi connectivity index (χ0) is 17.3. The highest BCUT2D eigenvalue weighted by Gasteiger charge is 2.40. The van der Waals surface area contributed by atoms with Gasteiger partial charge in [-0.1, -0.05) is 6.07 Å². The number of aromatic amines is 1. The van der Waals surface area contributed by atoms with Gasteiger partial charge in [0.25, 0.3) is 0 Å². The number of esters is 1. The number of likely N-dealkylation sites (N-methyl/N-ethyl adjacent to an activating group) is 1. The summed E-state index contributed by atoms with van der Waals surface area (Å²) in [6, 6.07) is 5.59. The Morgan fingerprint density at radius 3 is 2.71 bits per heavy atom. The lowest BCUT2D eigenvalue weighted by Crippen LogP contribution is -2.37. The second-order valence-electron chi connectivity index (χ2n) is 6.67. The van der Waals surface area contributed by atoms with Gasteiger partial charge >= 0.3 is 11.9 Å². The molecule has 6 heteroatoms. The molecule has 1 aliphatic carbocycles. The van der Waals surface area contributed by atoms with Crippen LogP contribution in [-0.2, 0) is 16.0 Å². The number of carboxylic acid groups (broad SMARTS) is 1. The third-order valence-corrected chi connectivity index (χ3v) is 4.61. The van der Waals surface area contributed by atoms with Crippen LogP contribution in [0.5, 0.6) is 5.75 Å². The van der Waals surface area contributed by atoms with E-state index in [-0.39, 0.29) is 11.9 Å². The van der Waals surface area contributed by atoms with Crippen LogP contribution in [0.1, 0.15) is 18.4 Å². The second-order valence-corrected chi connectivity index (χ2v) is 6.67. The minimum Gasteiger partial charge on any atom is -0.481 e.